The number of imidazole rings is 1. The van der Waals surface area contributed by atoms with Crippen molar-refractivity contribution in [3.63, 3.8) is 0 Å². The van der Waals surface area contributed by atoms with Crippen LogP contribution in [0, 0.1) is 6.92 Å². The van der Waals surface area contributed by atoms with E-state index in [1.807, 2.05) is 36.4 Å². The standard InChI is InChI=1S/C32H39N3O4/c1-24-13-16-26(17-14-24)39-21-9-20-35-28-11-7-6-10-27(28)34-31(35)12-5-4-8-19-33-32(36)23-25-15-18-29(37-2)30(22-25)38-3/h6-7,10-11,13-18,22H,4-5,8-9,12,19-21,23H2,1-3H3,(H,33,36). The first-order valence-electron chi connectivity index (χ1n) is 13.7. The topological polar surface area (TPSA) is 74.6 Å². The Balaban J connectivity index is 1.20. The number of nitrogens with one attached hydrogen (secondary N) is 1. The van der Waals surface area contributed by atoms with Crippen LogP contribution in [0.3, 0.4) is 0 Å². The molecule has 0 radical (unpaired) electrons. The molecule has 1 heterocycles. The monoisotopic (exact) mass is 529 g/mol. The maximum Gasteiger partial charge on any atom is 0.224 e. The van der Waals surface area contributed by atoms with Crippen LogP contribution in [0.2, 0.25) is 0 Å². The summed E-state index contributed by atoms with van der Waals surface area (Å²) in [5, 5.41) is 3.03. The number of rotatable bonds is 15. The number of benzene rings is 3. The van der Waals surface area contributed by atoms with Crippen LogP contribution >= 0.6 is 0 Å². The summed E-state index contributed by atoms with van der Waals surface area (Å²) in [6.45, 7) is 4.28. The van der Waals surface area contributed by atoms with Gasteiger partial charge in [-0.2, -0.15) is 0 Å². The largest absolute Gasteiger partial charge is 0.494 e. The maximum absolute atomic E-state index is 12.4. The molecular formula is C32H39N3O4. The van der Waals surface area contributed by atoms with Gasteiger partial charge in [-0.25, -0.2) is 4.98 Å². The fourth-order valence-electron chi connectivity index (χ4n) is 4.66. The third-order valence-electron chi connectivity index (χ3n) is 6.76. The molecular weight excluding hydrogens is 490 g/mol. The SMILES string of the molecule is COc1ccc(CC(=O)NCCCCCc2nc3ccccc3n2CCCOc2ccc(C)cc2)cc1OC. The highest BCUT2D eigenvalue weighted by molar-refractivity contribution is 5.78. The van der Waals surface area contributed by atoms with Crippen molar-refractivity contribution in [3.8, 4) is 17.2 Å². The highest BCUT2D eigenvalue weighted by Gasteiger charge is 2.11. The number of hydrogen-bond donors (Lipinski definition) is 1. The number of aryl methyl sites for hydroxylation is 3. The summed E-state index contributed by atoms with van der Waals surface area (Å²) in [4.78, 5) is 17.3. The van der Waals surface area contributed by atoms with Crippen molar-refractivity contribution >= 4 is 16.9 Å². The second-order valence-electron chi connectivity index (χ2n) is 9.71. The van der Waals surface area contributed by atoms with Crippen LogP contribution < -0.4 is 19.5 Å². The van der Waals surface area contributed by atoms with E-state index in [4.69, 9.17) is 19.2 Å². The smallest absolute Gasteiger partial charge is 0.224 e. The Morgan fingerprint density at radius 1 is 0.897 bits per heavy atom. The van der Waals surface area contributed by atoms with E-state index in [9.17, 15) is 4.79 Å². The minimum absolute atomic E-state index is 0.0110. The van der Waals surface area contributed by atoms with E-state index in [1.165, 1.54) is 11.1 Å². The molecule has 4 aromatic rings. The molecule has 0 saturated carbocycles. The van der Waals surface area contributed by atoms with Crippen LogP contribution in [-0.4, -0.2) is 42.8 Å². The van der Waals surface area contributed by atoms with Gasteiger partial charge < -0.3 is 24.1 Å². The average Bonchev–Trinajstić information content (AvgIpc) is 3.31. The third kappa shape index (κ3) is 7.99. The first kappa shape index (κ1) is 28.0. The van der Waals surface area contributed by atoms with Gasteiger partial charge in [-0.15, -0.1) is 0 Å². The van der Waals surface area contributed by atoms with Gasteiger partial charge >= 0.3 is 0 Å². The predicted octanol–water partition coefficient (Wildman–Crippen LogP) is 5.90. The Morgan fingerprint density at radius 3 is 2.49 bits per heavy atom. The molecule has 1 aromatic heterocycles. The average molecular weight is 530 g/mol. The van der Waals surface area contributed by atoms with Crippen LogP contribution in [0.1, 0.15) is 42.6 Å². The fraction of sp³-hybridized carbons (Fsp3) is 0.375. The number of para-hydroxylation sites is 2. The molecule has 0 saturated heterocycles. The molecule has 0 spiro atoms. The second-order valence-corrected chi connectivity index (χ2v) is 9.71. The summed E-state index contributed by atoms with van der Waals surface area (Å²) < 4.78 is 18.9. The zero-order chi connectivity index (χ0) is 27.5. The molecule has 7 nitrogen and oxygen atoms in total. The van der Waals surface area contributed by atoms with Crippen LogP contribution in [-0.2, 0) is 24.2 Å². The number of hydrogen-bond acceptors (Lipinski definition) is 5. The minimum Gasteiger partial charge on any atom is -0.494 e. The molecule has 3 aromatic carbocycles. The molecule has 7 heteroatoms. The minimum atomic E-state index is 0.0110. The second kappa shape index (κ2) is 14.2. The molecule has 0 unspecified atom stereocenters. The first-order valence-corrected chi connectivity index (χ1v) is 13.7. The number of ether oxygens (including phenoxy) is 3. The highest BCUT2D eigenvalue weighted by Crippen LogP contribution is 2.27. The van der Waals surface area contributed by atoms with E-state index in [0.29, 0.717) is 31.1 Å². The Labute approximate surface area is 231 Å². The lowest BCUT2D eigenvalue weighted by atomic mass is 10.1. The van der Waals surface area contributed by atoms with Crippen molar-refractivity contribution in [2.24, 2.45) is 0 Å². The maximum atomic E-state index is 12.4. The number of amides is 1. The number of carbonyl (C=O) groups is 1. The highest BCUT2D eigenvalue weighted by atomic mass is 16.5. The van der Waals surface area contributed by atoms with E-state index >= 15 is 0 Å². The summed E-state index contributed by atoms with van der Waals surface area (Å²) in [7, 11) is 3.19. The van der Waals surface area contributed by atoms with Crippen molar-refractivity contribution < 1.29 is 19.0 Å². The van der Waals surface area contributed by atoms with Gasteiger partial charge in [0.2, 0.25) is 5.91 Å². The van der Waals surface area contributed by atoms with Crippen molar-refractivity contribution in [2.75, 3.05) is 27.4 Å². The van der Waals surface area contributed by atoms with Gasteiger partial charge in [0, 0.05) is 19.5 Å². The number of carbonyl (C=O) groups excluding carboxylic acids is 1. The van der Waals surface area contributed by atoms with Crippen molar-refractivity contribution in [2.45, 2.75) is 52.0 Å². The number of nitrogens with zero attached hydrogens (tertiary/aromatic N) is 2. The van der Waals surface area contributed by atoms with Crippen molar-refractivity contribution in [3.05, 3.63) is 83.7 Å². The van der Waals surface area contributed by atoms with Crippen LogP contribution in [0.5, 0.6) is 17.2 Å². The van der Waals surface area contributed by atoms with Gasteiger partial charge in [0.25, 0.3) is 0 Å². The Hall–Kier alpha value is -4.00. The molecule has 0 fully saturated rings. The van der Waals surface area contributed by atoms with E-state index in [2.05, 4.69) is 47.1 Å². The van der Waals surface area contributed by atoms with Gasteiger partial charge in [-0.05, 0) is 68.1 Å². The summed E-state index contributed by atoms with van der Waals surface area (Å²) in [5.41, 5.74) is 4.34. The Morgan fingerprint density at radius 2 is 1.69 bits per heavy atom. The molecule has 0 aliphatic rings. The number of methoxy groups -OCH3 is 2. The van der Waals surface area contributed by atoms with Gasteiger partial charge in [0.15, 0.2) is 11.5 Å². The quantitative estimate of drug-likeness (QED) is 0.194. The lowest BCUT2D eigenvalue weighted by Crippen LogP contribution is -2.26. The molecule has 0 bridgehead atoms. The summed E-state index contributed by atoms with van der Waals surface area (Å²) in [6, 6.07) is 22.1. The molecule has 1 N–H and O–H groups in total. The Kier molecular flexibility index (Phi) is 10.2. The molecule has 4 rings (SSSR count). The van der Waals surface area contributed by atoms with Gasteiger partial charge in [0.1, 0.15) is 11.6 Å². The van der Waals surface area contributed by atoms with Gasteiger partial charge in [-0.3, -0.25) is 4.79 Å². The van der Waals surface area contributed by atoms with Crippen molar-refractivity contribution in [1.82, 2.24) is 14.9 Å². The third-order valence-corrected chi connectivity index (χ3v) is 6.76. The zero-order valence-electron chi connectivity index (χ0n) is 23.2. The fourth-order valence-corrected chi connectivity index (χ4v) is 4.66. The van der Waals surface area contributed by atoms with E-state index in [1.54, 1.807) is 14.2 Å². The summed E-state index contributed by atoms with van der Waals surface area (Å²) in [5.74, 6) is 3.33. The van der Waals surface area contributed by atoms with Crippen LogP contribution in [0.15, 0.2) is 66.7 Å². The normalized spacial score (nSPS) is 10.9. The van der Waals surface area contributed by atoms with Gasteiger partial charge in [0.05, 0.1) is 38.3 Å². The number of unbranched alkanes of at least 4 members (excludes halogenated alkanes) is 2. The molecule has 39 heavy (non-hydrogen) atoms. The summed E-state index contributed by atoms with van der Waals surface area (Å²) in [6.07, 6.45) is 5.12. The molecule has 0 atom stereocenters. The van der Waals surface area contributed by atoms with E-state index in [-0.39, 0.29) is 5.91 Å². The predicted molar refractivity (Wildman–Crippen MR) is 155 cm³/mol. The number of fused-ring (bicyclic) bond motifs is 1. The number of aromatic nitrogens is 2. The lowest BCUT2D eigenvalue weighted by molar-refractivity contribution is -0.120. The summed E-state index contributed by atoms with van der Waals surface area (Å²) >= 11 is 0. The van der Waals surface area contributed by atoms with Gasteiger partial charge in [-0.1, -0.05) is 42.3 Å². The molecule has 0 aliphatic carbocycles. The van der Waals surface area contributed by atoms with Crippen LogP contribution in [0.25, 0.3) is 11.0 Å². The van der Waals surface area contributed by atoms with Crippen molar-refractivity contribution in [1.29, 1.82) is 0 Å². The Bertz CT molecular complexity index is 1350. The van der Waals surface area contributed by atoms with E-state index in [0.717, 1.165) is 61.3 Å². The van der Waals surface area contributed by atoms with Crippen LogP contribution in [0.4, 0.5) is 0 Å². The lowest BCUT2D eigenvalue weighted by Gasteiger charge is -2.11. The molecule has 206 valence electrons. The molecule has 1 amide bonds. The zero-order valence-corrected chi connectivity index (χ0v) is 23.2. The molecule has 0 aliphatic heterocycles. The first-order chi connectivity index (χ1) is 19.1. The van der Waals surface area contributed by atoms with E-state index < -0.39 is 0 Å².